The molecule has 202 valence electrons. The zero-order valence-electron chi connectivity index (χ0n) is 23.1. The maximum Gasteiger partial charge on any atom is 0.291 e. The zero-order chi connectivity index (χ0) is 28.5. The number of carbonyl (C=O) groups excluding carboxylic acids is 2. The van der Waals surface area contributed by atoms with Crippen molar-refractivity contribution in [3.63, 3.8) is 0 Å². The predicted molar refractivity (Wildman–Crippen MR) is 158 cm³/mol. The molecule has 0 radical (unpaired) electrons. The van der Waals surface area contributed by atoms with Gasteiger partial charge in [-0.15, -0.1) is 0 Å². The summed E-state index contributed by atoms with van der Waals surface area (Å²) in [6, 6.07) is 28.6. The summed E-state index contributed by atoms with van der Waals surface area (Å²) in [4.78, 5) is 46.9. The molecule has 0 fully saturated rings. The number of rotatable bonds is 4. The van der Waals surface area contributed by atoms with Crippen LogP contribution < -0.4 is 10.3 Å². The lowest BCUT2D eigenvalue weighted by atomic mass is 9.83. The molecule has 0 aliphatic carbocycles. The normalized spacial score (nSPS) is 17.5. The van der Waals surface area contributed by atoms with Gasteiger partial charge in [0.25, 0.3) is 11.8 Å². The number of amides is 2. The molecule has 2 aliphatic heterocycles. The number of anilines is 1. The van der Waals surface area contributed by atoms with Gasteiger partial charge in [0.15, 0.2) is 11.0 Å². The van der Waals surface area contributed by atoms with Gasteiger partial charge in [-0.2, -0.15) is 0 Å². The molecule has 1 atom stereocenters. The summed E-state index contributed by atoms with van der Waals surface area (Å²) in [5, 5.41) is 0.364. The van der Waals surface area contributed by atoms with Crippen molar-refractivity contribution in [3.05, 3.63) is 146 Å². The maximum atomic E-state index is 14.9. The highest BCUT2D eigenvalue weighted by molar-refractivity contribution is 6.17. The summed E-state index contributed by atoms with van der Waals surface area (Å²) in [5.41, 5.74) is 4.52. The molecule has 0 N–H and O–H groups in total. The van der Waals surface area contributed by atoms with Gasteiger partial charge in [0.2, 0.25) is 5.76 Å². The smallest absolute Gasteiger partial charge is 0.291 e. The minimum absolute atomic E-state index is 0.0676. The zero-order valence-corrected chi connectivity index (χ0v) is 23.1. The first-order chi connectivity index (χ1) is 19.8. The number of hydrogen-bond donors (Lipinski definition) is 0. The Hall–Kier alpha value is -4.97. The molecule has 0 saturated heterocycles. The quantitative estimate of drug-likeness (QED) is 0.274. The molecular formula is C35H28N2O4. The topological polar surface area (TPSA) is 70.8 Å². The van der Waals surface area contributed by atoms with E-state index in [4.69, 9.17) is 4.42 Å². The van der Waals surface area contributed by atoms with Crippen LogP contribution in [0.1, 0.15) is 49.5 Å². The second-order valence-electron chi connectivity index (χ2n) is 11.0. The Morgan fingerprint density at radius 3 is 2.15 bits per heavy atom. The Kier molecular flexibility index (Phi) is 5.51. The van der Waals surface area contributed by atoms with Gasteiger partial charge in [-0.3, -0.25) is 14.4 Å². The molecule has 3 heterocycles. The lowest BCUT2D eigenvalue weighted by Gasteiger charge is -2.34. The molecule has 0 saturated carbocycles. The minimum atomic E-state index is -1.66. The summed E-state index contributed by atoms with van der Waals surface area (Å²) in [5.74, 6) is -0.874. The first-order valence-electron chi connectivity index (χ1n) is 13.7. The van der Waals surface area contributed by atoms with Crippen molar-refractivity contribution < 1.29 is 14.0 Å². The fourth-order valence-corrected chi connectivity index (χ4v) is 6.27. The first kappa shape index (κ1) is 25.0. The van der Waals surface area contributed by atoms with E-state index in [1.54, 1.807) is 17.0 Å². The van der Waals surface area contributed by atoms with Crippen LogP contribution in [0.15, 0.2) is 100 Å². The number of carbonyl (C=O) groups is 2. The van der Waals surface area contributed by atoms with E-state index in [0.717, 1.165) is 27.8 Å². The second kappa shape index (κ2) is 9.03. The number of nitrogens with zero attached hydrogens (tertiary/aromatic N) is 2. The molecule has 6 nitrogen and oxygen atoms in total. The van der Waals surface area contributed by atoms with Crippen molar-refractivity contribution in [2.75, 3.05) is 4.90 Å². The summed E-state index contributed by atoms with van der Waals surface area (Å²) < 4.78 is 6.26. The highest BCUT2D eigenvalue weighted by Crippen LogP contribution is 2.53. The van der Waals surface area contributed by atoms with E-state index in [-0.39, 0.29) is 29.2 Å². The third-order valence-corrected chi connectivity index (χ3v) is 8.50. The molecule has 2 aliphatic rings. The van der Waals surface area contributed by atoms with Crippen LogP contribution in [-0.4, -0.2) is 16.7 Å². The molecule has 4 aromatic carbocycles. The highest BCUT2D eigenvalue weighted by Gasteiger charge is 2.65. The molecule has 2 amide bonds. The van der Waals surface area contributed by atoms with Crippen LogP contribution in [0.2, 0.25) is 0 Å². The summed E-state index contributed by atoms with van der Waals surface area (Å²) in [6.45, 7) is 6.33. The van der Waals surface area contributed by atoms with Gasteiger partial charge in [-0.25, -0.2) is 0 Å². The molecule has 0 bridgehead atoms. The SMILES string of the molecule is Cc1ccc(CN2C(=O)C3(c4ccccc42)c2c(oc4cc(C)c(C)cc4c2=O)C(=O)N3Cc2ccccc2)cc1. The van der Waals surface area contributed by atoms with Crippen LogP contribution in [0.5, 0.6) is 0 Å². The van der Waals surface area contributed by atoms with Crippen molar-refractivity contribution in [1.29, 1.82) is 0 Å². The van der Waals surface area contributed by atoms with Gasteiger partial charge in [-0.05, 0) is 61.2 Å². The van der Waals surface area contributed by atoms with Gasteiger partial charge in [0.05, 0.1) is 23.2 Å². The third kappa shape index (κ3) is 3.53. The lowest BCUT2D eigenvalue weighted by molar-refractivity contribution is -0.126. The Bertz CT molecular complexity index is 1940. The summed E-state index contributed by atoms with van der Waals surface area (Å²) in [6.07, 6.45) is 0. The number of hydrogen-bond acceptors (Lipinski definition) is 4. The van der Waals surface area contributed by atoms with E-state index in [9.17, 15) is 14.4 Å². The first-order valence-corrected chi connectivity index (χ1v) is 13.7. The van der Waals surface area contributed by atoms with Crippen LogP contribution in [0.4, 0.5) is 5.69 Å². The lowest BCUT2D eigenvalue weighted by Crippen LogP contribution is -2.52. The van der Waals surface area contributed by atoms with Crippen molar-refractivity contribution in [1.82, 2.24) is 4.90 Å². The highest BCUT2D eigenvalue weighted by atomic mass is 16.3. The van der Waals surface area contributed by atoms with Crippen LogP contribution in [-0.2, 0) is 23.4 Å². The Morgan fingerprint density at radius 2 is 1.39 bits per heavy atom. The molecule has 1 aromatic heterocycles. The average molecular weight is 541 g/mol. The van der Waals surface area contributed by atoms with Gasteiger partial charge in [0, 0.05) is 12.1 Å². The van der Waals surface area contributed by atoms with Crippen molar-refractivity contribution >= 4 is 28.5 Å². The van der Waals surface area contributed by atoms with Crippen LogP contribution >= 0.6 is 0 Å². The monoisotopic (exact) mass is 540 g/mol. The van der Waals surface area contributed by atoms with Gasteiger partial charge >= 0.3 is 0 Å². The van der Waals surface area contributed by atoms with Crippen molar-refractivity contribution in [3.8, 4) is 0 Å². The van der Waals surface area contributed by atoms with Crippen LogP contribution in [0, 0.1) is 20.8 Å². The molecular weight excluding hydrogens is 512 g/mol. The molecule has 5 aromatic rings. The minimum Gasteiger partial charge on any atom is -0.450 e. The third-order valence-electron chi connectivity index (χ3n) is 8.50. The average Bonchev–Trinajstić information content (AvgIpc) is 3.36. The molecule has 7 rings (SSSR count). The van der Waals surface area contributed by atoms with Gasteiger partial charge in [-0.1, -0.05) is 78.4 Å². The Morgan fingerprint density at radius 1 is 0.732 bits per heavy atom. The number of aryl methyl sites for hydroxylation is 3. The van der Waals surface area contributed by atoms with E-state index in [0.29, 0.717) is 28.8 Å². The van der Waals surface area contributed by atoms with E-state index in [1.807, 2.05) is 99.6 Å². The standard InChI is InChI=1S/C35H28N2O4/c1-21-13-15-25(16-14-21)19-36-28-12-8-7-11-27(28)35(34(36)40)30-31(38)26-17-22(2)23(3)18-29(26)41-32(30)33(39)37(35)20-24-9-5-4-6-10-24/h4-18H,19-20H2,1-3H3. The Labute approximate surface area is 237 Å². The maximum absolute atomic E-state index is 14.9. The fraction of sp³-hybridized carbons (Fsp3) is 0.171. The van der Waals surface area contributed by atoms with E-state index in [1.165, 1.54) is 4.90 Å². The summed E-state index contributed by atoms with van der Waals surface area (Å²) >= 11 is 0. The number of benzene rings is 4. The predicted octanol–water partition coefficient (Wildman–Crippen LogP) is 6.16. The van der Waals surface area contributed by atoms with Crippen LogP contribution in [0.25, 0.3) is 11.0 Å². The second-order valence-corrected chi connectivity index (χ2v) is 11.0. The molecule has 41 heavy (non-hydrogen) atoms. The van der Waals surface area contributed by atoms with E-state index < -0.39 is 11.4 Å². The fourth-order valence-electron chi connectivity index (χ4n) is 6.27. The van der Waals surface area contributed by atoms with Crippen LogP contribution in [0.3, 0.4) is 0 Å². The largest absolute Gasteiger partial charge is 0.450 e. The van der Waals surface area contributed by atoms with Crippen molar-refractivity contribution in [2.45, 2.75) is 39.4 Å². The molecule has 1 spiro atoms. The molecule has 6 heteroatoms. The number of fused-ring (bicyclic) bond motifs is 5. The van der Waals surface area contributed by atoms with E-state index in [2.05, 4.69) is 0 Å². The molecule has 1 unspecified atom stereocenters. The van der Waals surface area contributed by atoms with Crippen molar-refractivity contribution in [2.24, 2.45) is 0 Å². The van der Waals surface area contributed by atoms with E-state index >= 15 is 0 Å². The summed E-state index contributed by atoms with van der Waals surface area (Å²) in [7, 11) is 0. The van der Waals surface area contributed by atoms with Gasteiger partial charge < -0.3 is 14.2 Å². The number of para-hydroxylation sites is 1. The Balaban J connectivity index is 1.52. The van der Waals surface area contributed by atoms with Gasteiger partial charge in [0.1, 0.15) is 5.58 Å².